The molecule has 0 aliphatic rings. The molecule has 1 heterocycles. The first kappa shape index (κ1) is 14.2. The Balaban J connectivity index is 2.47. The van der Waals surface area contributed by atoms with Gasteiger partial charge >= 0.3 is 0 Å². The lowest BCUT2D eigenvalue weighted by molar-refractivity contribution is 0.408. The van der Waals surface area contributed by atoms with Crippen LogP contribution < -0.4 is 10.3 Å². The summed E-state index contributed by atoms with van der Waals surface area (Å²) in [6.45, 7) is 2.21. The molecule has 0 spiro atoms. The second-order valence-corrected chi connectivity index (χ2v) is 5.58. The van der Waals surface area contributed by atoms with E-state index in [1.807, 2.05) is 6.07 Å². The van der Waals surface area contributed by atoms with Crippen molar-refractivity contribution in [1.29, 1.82) is 0 Å². The van der Waals surface area contributed by atoms with Crippen molar-refractivity contribution in [2.45, 2.75) is 13.5 Å². The molecule has 1 aromatic heterocycles. The Morgan fingerprint density at radius 1 is 1.37 bits per heavy atom. The number of halogens is 2. The minimum atomic E-state index is -0.0229. The molecule has 0 saturated carbocycles. The van der Waals surface area contributed by atoms with Gasteiger partial charge in [0.1, 0.15) is 5.75 Å². The largest absolute Gasteiger partial charge is 0.496 e. The molecule has 0 bridgehead atoms. The molecule has 0 saturated heterocycles. The Morgan fingerprint density at radius 2 is 2.11 bits per heavy atom. The zero-order valence-corrected chi connectivity index (χ0v) is 13.0. The predicted octanol–water partition coefficient (Wildman–Crippen LogP) is 3.63. The number of nitrogens with zero attached hydrogens (tertiary/aromatic N) is 1. The van der Waals surface area contributed by atoms with E-state index in [2.05, 4.69) is 15.9 Å². The van der Waals surface area contributed by atoms with Gasteiger partial charge in [0, 0.05) is 26.8 Å². The second-order valence-electron chi connectivity index (χ2n) is 4.23. The van der Waals surface area contributed by atoms with E-state index in [1.165, 1.54) is 0 Å². The summed E-state index contributed by atoms with van der Waals surface area (Å²) in [4.78, 5) is 12.1. The highest BCUT2D eigenvalue weighted by Gasteiger charge is 2.08. The topological polar surface area (TPSA) is 31.2 Å². The van der Waals surface area contributed by atoms with Crippen molar-refractivity contribution >= 4 is 27.5 Å². The molecule has 0 N–H and O–H groups in total. The van der Waals surface area contributed by atoms with Gasteiger partial charge in [-0.2, -0.15) is 0 Å². The number of aryl methyl sites for hydroxylation is 1. The highest BCUT2D eigenvalue weighted by atomic mass is 79.9. The molecule has 0 unspecified atom stereocenters. The van der Waals surface area contributed by atoms with Crippen LogP contribution in [-0.2, 0) is 6.54 Å². The normalized spacial score (nSPS) is 10.5. The molecule has 0 amide bonds. The SMILES string of the molecule is COc1ccc(Cl)cc1Cn1cc(Br)cc(C)c1=O. The van der Waals surface area contributed by atoms with Gasteiger partial charge in [0.2, 0.25) is 0 Å². The summed E-state index contributed by atoms with van der Waals surface area (Å²) in [5.74, 6) is 0.717. The van der Waals surface area contributed by atoms with Crippen LogP contribution in [0, 0.1) is 6.92 Å². The maximum Gasteiger partial charge on any atom is 0.253 e. The van der Waals surface area contributed by atoms with E-state index in [0.29, 0.717) is 22.9 Å². The van der Waals surface area contributed by atoms with Crippen molar-refractivity contribution < 1.29 is 4.74 Å². The first-order valence-electron chi connectivity index (χ1n) is 5.70. The summed E-state index contributed by atoms with van der Waals surface area (Å²) >= 11 is 9.38. The first-order valence-corrected chi connectivity index (χ1v) is 6.87. The summed E-state index contributed by atoms with van der Waals surface area (Å²) in [6.07, 6.45) is 1.76. The minimum absolute atomic E-state index is 0.0229. The molecule has 0 atom stereocenters. The molecule has 0 aliphatic heterocycles. The molecule has 5 heteroatoms. The van der Waals surface area contributed by atoms with E-state index < -0.39 is 0 Å². The van der Waals surface area contributed by atoms with Gasteiger partial charge in [-0.15, -0.1) is 0 Å². The Hall–Kier alpha value is -1.26. The average molecular weight is 343 g/mol. The van der Waals surface area contributed by atoms with Crippen LogP contribution in [-0.4, -0.2) is 11.7 Å². The van der Waals surface area contributed by atoms with Gasteiger partial charge in [0.15, 0.2) is 0 Å². The zero-order valence-electron chi connectivity index (χ0n) is 10.6. The van der Waals surface area contributed by atoms with Crippen molar-refractivity contribution in [2.24, 2.45) is 0 Å². The van der Waals surface area contributed by atoms with Crippen molar-refractivity contribution in [3.8, 4) is 5.75 Å². The molecular weight excluding hydrogens is 330 g/mol. The first-order chi connectivity index (χ1) is 9.01. The minimum Gasteiger partial charge on any atom is -0.496 e. The third-order valence-corrected chi connectivity index (χ3v) is 3.48. The van der Waals surface area contributed by atoms with E-state index in [9.17, 15) is 4.79 Å². The summed E-state index contributed by atoms with van der Waals surface area (Å²) in [6, 6.07) is 7.17. The maximum absolute atomic E-state index is 12.1. The third kappa shape index (κ3) is 3.19. The number of ether oxygens (including phenoxy) is 1. The molecule has 2 rings (SSSR count). The summed E-state index contributed by atoms with van der Waals surface area (Å²) in [7, 11) is 1.60. The fourth-order valence-corrected chi connectivity index (χ4v) is 2.70. The quantitative estimate of drug-likeness (QED) is 0.853. The molecule has 0 radical (unpaired) electrons. The Morgan fingerprint density at radius 3 is 2.79 bits per heavy atom. The number of aromatic nitrogens is 1. The highest BCUT2D eigenvalue weighted by molar-refractivity contribution is 9.10. The number of pyridine rings is 1. The fraction of sp³-hybridized carbons (Fsp3) is 0.214. The van der Waals surface area contributed by atoms with Crippen LogP contribution in [0.15, 0.2) is 39.7 Å². The number of rotatable bonds is 3. The molecule has 100 valence electrons. The molecule has 3 nitrogen and oxygen atoms in total. The average Bonchev–Trinajstić information content (AvgIpc) is 2.35. The van der Waals surface area contributed by atoms with Crippen molar-refractivity contribution in [3.05, 3.63) is 61.4 Å². The molecule has 1 aromatic carbocycles. The standard InChI is InChI=1S/C14H13BrClNO2/c1-9-5-11(15)8-17(14(9)18)7-10-6-12(16)3-4-13(10)19-2/h3-6,8H,7H2,1-2H3. The molecule has 0 fully saturated rings. The summed E-state index contributed by atoms with van der Waals surface area (Å²) in [5, 5.41) is 0.621. The Labute approximate surface area is 124 Å². The molecule has 19 heavy (non-hydrogen) atoms. The number of hydrogen-bond donors (Lipinski definition) is 0. The van der Waals surface area contributed by atoms with Gasteiger partial charge in [0.05, 0.1) is 13.7 Å². The number of benzene rings is 1. The maximum atomic E-state index is 12.1. The van der Waals surface area contributed by atoms with E-state index in [0.717, 1.165) is 10.0 Å². The molecular formula is C14H13BrClNO2. The van der Waals surface area contributed by atoms with Gasteiger partial charge in [0.25, 0.3) is 5.56 Å². The van der Waals surface area contributed by atoms with Crippen molar-refractivity contribution in [2.75, 3.05) is 7.11 Å². The van der Waals surface area contributed by atoms with Gasteiger partial charge in [-0.05, 0) is 47.1 Å². The smallest absolute Gasteiger partial charge is 0.253 e. The van der Waals surface area contributed by atoms with E-state index >= 15 is 0 Å². The van der Waals surface area contributed by atoms with Gasteiger partial charge in [-0.25, -0.2) is 0 Å². The Bertz CT molecular complexity index is 667. The molecule has 2 aromatic rings. The number of hydrogen-bond acceptors (Lipinski definition) is 2. The zero-order chi connectivity index (χ0) is 14.0. The van der Waals surface area contributed by atoms with Gasteiger partial charge in [-0.1, -0.05) is 11.6 Å². The van der Waals surface area contributed by atoms with E-state index in [-0.39, 0.29) is 5.56 Å². The van der Waals surface area contributed by atoms with Crippen LogP contribution in [0.2, 0.25) is 5.02 Å². The van der Waals surface area contributed by atoms with Gasteiger partial charge < -0.3 is 9.30 Å². The highest BCUT2D eigenvalue weighted by Crippen LogP contribution is 2.23. The van der Waals surface area contributed by atoms with Crippen LogP contribution in [0.5, 0.6) is 5.75 Å². The number of methoxy groups -OCH3 is 1. The summed E-state index contributed by atoms with van der Waals surface area (Å²) < 4.78 is 7.79. The van der Waals surface area contributed by atoms with Crippen LogP contribution >= 0.6 is 27.5 Å². The van der Waals surface area contributed by atoms with Crippen LogP contribution in [0.4, 0.5) is 0 Å². The third-order valence-electron chi connectivity index (χ3n) is 2.81. The van der Waals surface area contributed by atoms with E-state index in [4.69, 9.17) is 16.3 Å². The molecule has 0 aliphatic carbocycles. The van der Waals surface area contributed by atoms with Crippen LogP contribution in [0.25, 0.3) is 0 Å². The summed E-state index contributed by atoms with van der Waals surface area (Å²) in [5.41, 5.74) is 1.54. The lowest BCUT2D eigenvalue weighted by Crippen LogP contribution is -2.22. The second kappa shape index (κ2) is 5.80. The van der Waals surface area contributed by atoms with Crippen molar-refractivity contribution in [3.63, 3.8) is 0 Å². The van der Waals surface area contributed by atoms with E-state index in [1.54, 1.807) is 43.0 Å². The van der Waals surface area contributed by atoms with Gasteiger partial charge in [-0.3, -0.25) is 4.79 Å². The fourth-order valence-electron chi connectivity index (χ4n) is 1.91. The van der Waals surface area contributed by atoms with Crippen molar-refractivity contribution in [1.82, 2.24) is 4.57 Å². The van der Waals surface area contributed by atoms with Crippen LogP contribution in [0.1, 0.15) is 11.1 Å². The lowest BCUT2D eigenvalue weighted by Gasteiger charge is -2.12. The lowest BCUT2D eigenvalue weighted by atomic mass is 10.2. The monoisotopic (exact) mass is 341 g/mol. The van der Waals surface area contributed by atoms with Crippen LogP contribution in [0.3, 0.4) is 0 Å². The predicted molar refractivity (Wildman–Crippen MR) is 80.2 cm³/mol. The Kier molecular flexibility index (Phi) is 4.32.